The summed E-state index contributed by atoms with van der Waals surface area (Å²) in [5, 5.41) is 8.09. The fraction of sp³-hybridized carbons (Fsp3) is 0.217. The molecule has 1 aromatic heterocycles. The number of sulfonamides is 1. The van der Waals surface area contributed by atoms with E-state index in [2.05, 4.69) is 35.4 Å². The van der Waals surface area contributed by atoms with Gasteiger partial charge in [-0.25, -0.2) is 18.2 Å². The Balaban J connectivity index is 1.80. The van der Waals surface area contributed by atoms with Gasteiger partial charge in [-0.1, -0.05) is 29.8 Å². The second kappa shape index (κ2) is 12.7. The van der Waals surface area contributed by atoms with E-state index in [1.54, 1.807) is 18.2 Å². The number of para-hydroxylation sites is 2. The van der Waals surface area contributed by atoms with Gasteiger partial charge in [0.05, 0.1) is 23.8 Å². The van der Waals surface area contributed by atoms with Crippen LogP contribution >= 0.6 is 11.6 Å². The number of nitrogens with one attached hydrogen (secondary N) is 4. The summed E-state index contributed by atoms with van der Waals surface area (Å²) in [6.45, 7) is 1.56. The molecule has 1 atom stereocenters. The minimum absolute atomic E-state index is 0.0152. The van der Waals surface area contributed by atoms with Crippen molar-refractivity contribution in [2.45, 2.75) is 19.4 Å². The number of amides is 1. The van der Waals surface area contributed by atoms with Gasteiger partial charge in [0.2, 0.25) is 16.0 Å². The van der Waals surface area contributed by atoms with Crippen LogP contribution in [0.5, 0.6) is 5.75 Å². The van der Waals surface area contributed by atoms with Crippen molar-refractivity contribution in [2.75, 3.05) is 28.2 Å². The van der Waals surface area contributed by atoms with Crippen LogP contribution in [0.15, 0.2) is 54.7 Å². The molecule has 1 unspecified atom stereocenters. The molecule has 0 saturated carbocycles. The molecule has 17 heteroatoms. The van der Waals surface area contributed by atoms with Gasteiger partial charge in [-0.3, -0.25) is 9.52 Å². The SMILES string of the molecule is CCNC(=O)C(OC(=O)C(F)(F)F)Oc1cccc(Nc2ncc(Cl)c(Nc3ccccc3NS(C)(=O)=O)n2)c1. The summed E-state index contributed by atoms with van der Waals surface area (Å²) in [4.78, 5) is 31.7. The molecule has 4 N–H and O–H groups in total. The maximum absolute atomic E-state index is 12.7. The molecule has 0 aliphatic heterocycles. The van der Waals surface area contributed by atoms with E-state index in [9.17, 15) is 31.2 Å². The summed E-state index contributed by atoms with van der Waals surface area (Å²) >= 11 is 6.21. The first-order valence-electron chi connectivity index (χ1n) is 11.2. The van der Waals surface area contributed by atoms with Crippen LogP contribution in [0, 0.1) is 0 Å². The number of hydrogen-bond donors (Lipinski definition) is 4. The number of ether oxygens (including phenoxy) is 2. The lowest BCUT2D eigenvalue weighted by molar-refractivity contribution is -0.216. The van der Waals surface area contributed by atoms with Crippen LogP contribution in [0.4, 0.5) is 42.0 Å². The number of alkyl halides is 3. The van der Waals surface area contributed by atoms with Crippen LogP contribution in [-0.2, 0) is 24.3 Å². The molecule has 3 rings (SSSR count). The van der Waals surface area contributed by atoms with E-state index in [0.29, 0.717) is 5.69 Å². The average molecular weight is 603 g/mol. The number of carbonyl (C=O) groups is 2. The smallest absolute Gasteiger partial charge is 0.446 e. The molecule has 1 heterocycles. The first kappa shape index (κ1) is 30.2. The number of hydrogen-bond acceptors (Lipinski definition) is 10. The quantitative estimate of drug-likeness (QED) is 0.187. The number of likely N-dealkylation sites (N-methyl/N-ethyl adjacent to an activating group) is 1. The van der Waals surface area contributed by atoms with Crippen molar-refractivity contribution < 1.29 is 40.7 Å². The summed E-state index contributed by atoms with van der Waals surface area (Å²) in [5.41, 5.74) is 0.869. The lowest BCUT2D eigenvalue weighted by Crippen LogP contribution is -2.43. The number of benzene rings is 2. The van der Waals surface area contributed by atoms with Crippen molar-refractivity contribution in [1.82, 2.24) is 15.3 Å². The molecule has 0 spiro atoms. The van der Waals surface area contributed by atoms with E-state index < -0.39 is 34.4 Å². The molecule has 0 bridgehead atoms. The largest absolute Gasteiger partial charge is 0.491 e. The topological polar surface area (TPSA) is 161 Å². The van der Waals surface area contributed by atoms with E-state index in [1.807, 2.05) is 0 Å². The molecule has 0 fully saturated rings. The molecule has 12 nitrogen and oxygen atoms in total. The Morgan fingerprint density at radius 2 is 1.77 bits per heavy atom. The summed E-state index contributed by atoms with van der Waals surface area (Å²) < 4.78 is 73.2. The predicted octanol–water partition coefficient (Wildman–Crippen LogP) is 3.94. The van der Waals surface area contributed by atoms with Gasteiger partial charge in [-0.05, 0) is 31.2 Å². The molecule has 0 aliphatic rings. The second-order valence-corrected chi connectivity index (χ2v) is 9.99. The van der Waals surface area contributed by atoms with E-state index in [-0.39, 0.29) is 40.5 Å². The van der Waals surface area contributed by atoms with Crippen LogP contribution in [0.1, 0.15) is 6.92 Å². The van der Waals surface area contributed by atoms with Crippen molar-refractivity contribution in [1.29, 1.82) is 0 Å². The summed E-state index contributed by atoms with van der Waals surface area (Å²) in [6.07, 6.45) is -5.28. The Labute approximate surface area is 231 Å². The van der Waals surface area contributed by atoms with Crippen LogP contribution in [0.2, 0.25) is 5.02 Å². The first-order valence-corrected chi connectivity index (χ1v) is 13.5. The Morgan fingerprint density at radius 1 is 1.07 bits per heavy atom. The molecular formula is C23H22ClF3N6O6S. The molecule has 1 amide bonds. The van der Waals surface area contributed by atoms with Gasteiger partial charge in [0.15, 0.2) is 5.82 Å². The summed E-state index contributed by atoms with van der Waals surface area (Å²) in [6, 6.07) is 12.0. The zero-order valence-corrected chi connectivity index (χ0v) is 22.3. The standard InChI is InChI=1S/C23H22ClF3N6O6S/c1-3-28-19(34)20(39-21(35)23(25,26)27)38-14-8-6-7-13(11-14)30-22-29-12-15(24)18(32-22)31-16-9-4-5-10-17(16)33-40(2,36)37/h4-12,20,33H,3H2,1-2H3,(H,28,34)(H2,29,30,31,32). The fourth-order valence-electron chi connectivity index (χ4n) is 2.98. The number of aromatic nitrogens is 2. The van der Waals surface area contributed by atoms with Crippen molar-refractivity contribution in [3.8, 4) is 5.75 Å². The second-order valence-electron chi connectivity index (χ2n) is 7.84. The Bertz CT molecular complexity index is 1490. The highest BCUT2D eigenvalue weighted by Crippen LogP contribution is 2.30. The van der Waals surface area contributed by atoms with Gasteiger partial charge in [-0.15, -0.1) is 0 Å². The van der Waals surface area contributed by atoms with Crippen LogP contribution < -0.4 is 25.4 Å². The minimum atomic E-state index is -5.34. The van der Waals surface area contributed by atoms with Crippen molar-refractivity contribution in [3.05, 3.63) is 59.8 Å². The molecule has 0 saturated heterocycles. The molecule has 2 aromatic carbocycles. The van der Waals surface area contributed by atoms with Gasteiger partial charge in [-0.2, -0.15) is 18.2 Å². The van der Waals surface area contributed by atoms with E-state index in [0.717, 1.165) is 6.26 Å². The van der Waals surface area contributed by atoms with Gasteiger partial charge in [0.25, 0.3) is 0 Å². The van der Waals surface area contributed by atoms with E-state index in [4.69, 9.17) is 16.3 Å². The first-order chi connectivity index (χ1) is 18.7. The zero-order chi connectivity index (χ0) is 29.5. The highest BCUT2D eigenvalue weighted by molar-refractivity contribution is 7.92. The van der Waals surface area contributed by atoms with Gasteiger partial charge in [0, 0.05) is 18.3 Å². The Kier molecular flexibility index (Phi) is 9.60. The normalized spacial score (nSPS) is 12.2. The predicted molar refractivity (Wildman–Crippen MR) is 140 cm³/mol. The maximum atomic E-state index is 12.7. The Morgan fingerprint density at radius 3 is 2.42 bits per heavy atom. The third-order valence-corrected chi connectivity index (χ3v) is 5.43. The third kappa shape index (κ3) is 8.88. The number of halogens is 4. The van der Waals surface area contributed by atoms with Crippen LogP contribution in [0.3, 0.4) is 0 Å². The average Bonchev–Trinajstić information content (AvgIpc) is 2.85. The molecule has 0 aliphatic carbocycles. The lowest BCUT2D eigenvalue weighted by atomic mass is 10.2. The lowest BCUT2D eigenvalue weighted by Gasteiger charge is -2.19. The highest BCUT2D eigenvalue weighted by Gasteiger charge is 2.44. The fourth-order valence-corrected chi connectivity index (χ4v) is 3.69. The maximum Gasteiger partial charge on any atom is 0.491 e. The van der Waals surface area contributed by atoms with E-state index >= 15 is 0 Å². The highest BCUT2D eigenvalue weighted by atomic mass is 35.5. The number of anilines is 5. The minimum Gasteiger partial charge on any atom is -0.446 e. The van der Waals surface area contributed by atoms with E-state index in [1.165, 1.54) is 43.5 Å². The number of carbonyl (C=O) groups excluding carboxylic acids is 2. The van der Waals surface area contributed by atoms with Gasteiger partial charge in [0.1, 0.15) is 10.8 Å². The number of nitrogens with zero attached hydrogens (tertiary/aromatic N) is 2. The Hall–Kier alpha value is -4.31. The van der Waals surface area contributed by atoms with Crippen LogP contribution in [-0.4, -0.2) is 55.5 Å². The van der Waals surface area contributed by atoms with Crippen molar-refractivity contribution in [2.24, 2.45) is 0 Å². The monoisotopic (exact) mass is 602 g/mol. The molecule has 214 valence electrons. The number of rotatable bonds is 11. The number of esters is 1. The third-order valence-electron chi connectivity index (χ3n) is 4.56. The summed E-state index contributed by atoms with van der Waals surface area (Å²) in [7, 11) is -3.57. The molecule has 40 heavy (non-hydrogen) atoms. The zero-order valence-electron chi connectivity index (χ0n) is 20.7. The van der Waals surface area contributed by atoms with Crippen molar-refractivity contribution >= 4 is 62.3 Å². The molecule has 0 radical (unpaired) electrons. The molecule has 3 aromatic rings. The van der Waals surface area contributed by atoms with Gasteiger partial charge < -0.3 is 25.4 Å². The van der Waals surface area contributed by atoms with Crippen molar-refractivity contribution in [3.63, 3.8) is 0 Å². The summed E-state index contributed by atoms with van der Waals surface area (Å²) in [5.74, 6) is -3.68. The molecular weight excluding hydrogens is 581 g/mol. The van der Waals surface area contributed by atoms with Crippen LogP contribution in [0.25, 0.3) is 0 Å². The van der Waals surface area contributed by atoms with Gasteiger partial charge >= 0.3 is 24.3 Å².